The molecule has 0 fully saturated rings. The van der Waals surface area contributed by atoms with Gasteiger partial charge in [-0.05, 0) is 12.8 Å². The van der Waals surface area contributed by atoms with Crippen LogP contribution in [0.4, 0.5) is 4.79 Å². The number of thioether (sulfide) groups is 1. The quantitative estimate of drug-likeness (QED) is 0.693. The van der Waals surface area contributed by atoms with Crippen LogP contribution in [0.3, 0.4) is 0 Å². The summed E-state index contributed by atoms with van der Waals surface area (Å²) in [7, 11) is 0. The van der Waals surface area contributed by atoms with Gasteiger partial charge in [-0.15, -0.1) is 11.8 Å². The first-order chi connectivity index (χ1) is 5.43. The van der Waals surface area contributed by atoms with Crippen LogP contribution in [-0.4, -0.2) is 16.8 Å². The molecule has 0 aliphatic rings. The molecule has 0 aliphatic carbocycles. The summed E-state index contributed by atoms with van der Waals surface area (Å²) in [4.78, 5) is 10.3. The number of nitrogens with two attached hydrogens (primary N) is 1. The number of rotatable bonds is 4. The minimum Gasteiger partial charge on any atom is -0.436 e. The number of primary amides is 1. The summed E-state index contributed by atoms with van der Waals surface area (Å²) < 4.78 is 4.77. The number of amides is 1. The Labute approximate surface area is 78.0 Å². The van der Waals surface area contributed by atoms with Crippen LogP contribution in [0.15, 0.2) is 0 Å². The molecule has 0 spiro atoms. The van der Waals surface area contributed by atoms with Crippen LogP contribution in [0.1, 0.15) is 27.7 Å². The second-order valence-corrected chi connectivity index (χ2v) is 4.77. The Bertz CT molecular complexity index is 150. The first-order valence-electron chi connectivity index (χ1n) is 4.05. The number of ether oxygens (including phenoxy) is 1. The molecule has 0 aliphatic heterocycles. The Morgan fingerprint density at radius 3 is 2.17 bits per heavy atom. The van der Waals surface area contributed by atoms with E-state index in [9.17, 15) is 4.79 Å². The van der Waals surface area contributed by atoms with E-state index in [-0.39, 0.29) is 5.44 Å². The Balaban J connectivity index is 3.68. The van der Waals surface area contributed by atoms with E-state index in [1.54, 1.807) is 11.8 Å². The van der Waals surface area contributed by atoms with Gasteiger partial charge in [0.25, 0.3) is 0 Å². The van der Waals surface area contributed by atoms with Crippen LogP contribution < -0.4 is 5.73 Å². The molecule has 0 heterocycles. The van der Waals surface area contributed by atoms with Crippen molar-refractivity contribution >= 4 is 17.9 Å². The van der Waals surface area contributed by atoms with Crippen molar-refractivity contribution in [2.45, 2.75) is 38.4 Å². The highest BCUT2D eigenvalue weighted by atomic mass is 32.2. The van der Waals surface area contributed by atoms with Gasteiger partial charge in [-0.25, -0.2) is 4.79 Å². The van der Waals surface area contributed by atoms with Crippen LogP contribution in [0, 0.1) is 5.92 Å². The average Bonchev–Trinajstić information content (AvgIpc) is 1.84. The molecule has 72 valence electrons. The molecule has 1 amide bonds. The van der Waals surface area contributed by atoms with Crippen molar-refractivity contribution in [3.05, 3.63) is 0 Å². The molecule has 0 aromatic carbocycles. The monoisotopic (exact) mass is 191 g/mol. The lowest BCUT2D eigenvalue weighted by Crippen LogP contribution is -2.21. The molecule has 0 saturated heterocycles. The molecule has 0 radical (unpaired) electrons. The summed E-state index contributed by atoms with van der Waals surface area (Å²) in [5, 5.41) is 0.472. The van der Waals surface area contributed by atoms with Crippen molar-refractivity contribution in [3.8, 4) is 0 Å². The molecule has 2 N–H and O–H groups in total. The van der Waals surface area contributed by atoms with Crippen LogP contribution in [0.5, 0.6) is 0 Å². The van der Waals surface area contributed by atoms with E-state index in [2.05, 4.69) is 20.8 Å². The SMILES string of the molecule is CC(OC(N)=O)SC(C)C(C)C. The van der Waals surface area contributed by atoms with E-state index in [0.29, 0.717) is 11.2 Å². The second kappa shape index (κ2) is 5.30. The van der Waals surface area contributed by atoms with Gasteiger partial charge in [0, 0.05) is 5.25 Å². The number of carbonyl (C=O) groups is 1. The molecule has 0 saturated carbocycles. The van der Waals surface area contributed by atoms with E-state index in [0.717, 1.165) is 0 Å². The van der Waals surface area contributed by atoms with Crippen molar-refractivity contribution < 1.29 is 9.53 Å². The maximum atomic E-state index is 10.3. The highest BCUT2D eigenvalue weighted by Gasteiger charge is 2.14. The molecular formula is C8H17NO2S. The highest BCUT2D eigenvalue weighted by molar-refractivity contribution is 8.00. The van der Waals surface area contributed by atoms with Crippen LogP contribution >= 0.6 is 11.8 Å². The topological polar surface area (TPSA) is 52.3 Å². The minimum absolute atomic E-state index is 0.153. The molecule has 4 heteroatoms. The average molecular weight is 191 g/mol. The van der Waals surface area contributed by atoms with Crippen molar-refractivity contribution in [3.63, 3.8) is 0 Å². The van der Waals surface area contributed by atoms with E-state index in [1.165, 1.54) is 0 Å². The molecule has 2 atom stereocenters. The fraction of sp³-hybridized carbons (Fsp3) is 0.875. The van der Waals surface area contributed by atoms with E-state index in [1.807, 2.05) is 6.92 Å². The highest BCUT2D eigenvalue weighted by Crippen LogP contribution is 2.23. The van der Waals surface area contributed by atoms with Gasteiger partial charge in [-0.1, -0.05) is 20.8 Å². The van der Waals surface area contributed by atoms with E-state index >= 15 is 0 Å². The van der Waals surface area contributed by atoms with Crippen LogP contribution in [0.2, 0.25) is 0 Å². The third-order valence-corrected chi connectivity index (χ3v) is 3.08. The molecular weight excluding hydrogens is 174 g/mol. The lowest BCUT2D eigenvalue weighted by Gasteiger charge is -2.19. The van der Waals surface area contributed by atoms with Crippen molar-refractivity contribution in [2.75, 3.05) is 0 Å². The molecule has 0 rings (SSSR count). The Morgan fingerprint density at radius 1 is 1.33 bits per heavy atom. The third-order valence-electron chi connectivity index (χ3n) is 1.63. The van der Waals surface area contributed by atoms with Gasteiger partial charge in [0.1, 0.15) is 5.44 Å². The van der Waals surface area contributed by atoms with Gasteiger partial charge in [0.2, 0.25) is 0 Å². The van der Waals surface area contributed by atoms with Gasteiger partial charge in [0.05, 0.1) is 0 Å². The zero-order valence-electron chi connectivity index (χ0n) is 8.03. The fourth-order valence-electron chi connectivity index (χ4n) is 0.651. The normalized spacial score (nSPS) is 15.8. The Morgan fingerprint density at radius 2 is 1.83 bits per heavy atom. The van der Waals surface area contributed by atoms with Crippen LogP contribution in [0.25, 0.3) is 0 Å². The zero-order chi connectivity index (χ0) is 9.72. The maximum Gasteiger partial charge on any atom is 0.405 e. The van der Waals surface area contributed by atoms with Crippen molar-refractivity contribution in [2.24, 2.45) is 11.7 Å². The lowest BCUT2D eigenvalue weighted by atomic mass is 10.2. The zero-order valence-corrected chi connectivity index (χ0v) is 8.85. The summed E-state index contributed by atoms with van der Waals surface area (Å²) >= 11 is 1.61. The predicted molar refractivity (Wildman–Crippen MR) is 52.0 cm³/mol. The van der Waals surface area contributed by atoms with Crippen molar-refractivity contribution in [1.29, 1.82) is 0 Å². The number of hydrogen-bond donors (Lipinski definition) is 1. The Kier molecular flexibility index (Phi) is 5.13. The lowest BCUT2D eigenvalue weighted by molar-refractivity contribution is 0.151. The summed E-state index contributed by atoms with van der Waals surface area (Å²) in [6.07, 6.45) is -0.703. The summed E-state index contributed by atoms with van der Waals surface area (Å²) in [5.74, 6) is 0.578. The van der Waals surface area contributed by atoms with Gasteiger partial charge >= 0.3 is 6.09 Å². The fourth-order valence-corrected chi connectivity index (χ4v) is 1.72. The summed E-state index contributed by atoms with van der Waals surface area (Å²) in [6, 6.07) is 0. The third kappa shape index (κ3) is 5.29. The largest absolute Gasteiger partial charge is 0.436 e. The minimum atomic E-state index is -0.703. The summed E-state index contributed by atoms with van der Waals surface area (Å²) in [6.45, 7) is 8.20. The number of carbonyl (C=O) groups excluding carboxylic acids is 1. The Hall–Kier alpha value is -0.380. The summed E-state index contributed by atoms with van der Waals surface area (Å²) in [5.41, 5.74) is 4.72. The number of hydrogen-bond acceptors (Lipinski definition) is 3. The van der Waals surface area contributed by atoms with E-state index in [4.69, 9.17) is 10.5 Å². The maximum absolute atomic E-state index is 10.3. The van der Waals surface area contributed by atoms with E-state index < -0.39 is 6.09 Å². The van der Waals surface area contributed by atoms with Gasteiger partial charge in [-0.3, -0.25) is 0 Å². The van der Waals surface area contributed by atoms with Crippen molar-refractivity contribution in [1.82, 2.24) is 0 Å². The standard InChI is InChI=1S/C8H17NO2S/c1-5(2)6(3)12-7(4)11-8(9)10/h5-7H,1-4H3,(H2,9,10). The van der Waals surface area contributed by atoms with Gasteiger partial charge in [-0.2, -0.15) is 0 Å². The molecule has 0 aromatic rings. The first-order valence-corrected chi connectivity index (χ1v) is 4.99. The van der Waals surface area contributed by atoms with Gasteiger partial charge in [0.15, 0.2) is 0 Å². The molecule has 3 nitrogen and oxygen atoms in total. The molecule has 12 heavy (non-hydrogen) atoms. The second-order valence-electron chi connectivity index (χ2n) is 3.09. The van der Waals surface area contributed by atoms with Crippen LogP contribution in [-0.2, 0) is 4.74 Å². The molecule has 0 aromatic heterocycles. The smallest absolute Gasteiger partial charge is 0.405 e. The predicted octanol–water partition coefficient (Wildman–Crippen LogP) is 2.21. The van der Waals surface area contributed by atoms with Gasteiger partial charge < -0.3 is 10.5 Å². The molecule has 0 bridgehead atoms. The molecule has 2 unspecified atom stereocenters. The first kappa shape index (κ1) is 11.6.